The van der Waals surface area contributed by atoms with Gasteiger partial charge in [-0.1, -0.05) is 12.1 Å². The maximum atomic E-state index is 14.8. The van der Waals surface area contributed by atoms with E-state index in [0.29, 0.717) is 65.8 Å². The van der Waals surface area contributed by atoms with Gasteiger partial charge in [0.1, 0.15) is 24.6 Å². The molecule has 4 heterocycles. The third kappa shape index (κ3) is 6.95. The topological polar surface area (TPSA) is 109 Å². The van der Waals surface area contributed by atoms with Crippen molar-refractivity contribution in [1.82, 2.24) is 9.80 Å². The maximum absolute atomic E-state index is 14.8. The lowest BCUT2D eigenvalue weighted by Gasteiger charge is -2.26. The van der Waals surface area contributed by atoms with Crippen molar-refractivity contribution in [3.05, 3.63) is 82.5 Å². The number of likely N-dealkylation sites (tertiary alicyclic amines) is 2. The summed E-state index contributed by atoms with van der Waals surface area (Å²) in [6, 6.07) is 16.9. The number of anilines is 2. The van der Waals surface area contributed by atoms with E-state index in [2.05, 4.69) is 27.7 Å². The fourth-order valence-corrected chi connectivity index (χ4v) is 7.53. The number of ether oxygens (including phenoxy) is 3. The standard InChI is InChI=1S/C36H37FN4O6S/c1-36(2,3)47-35(44)41-19-24-17-40(18-25(24)20-41)16-21-4-5-22-14-32(48-31(22)12-21)34(43)39-28-15-26(7-8-27(28)37)38-33(42)23-6-9-29-30(13-23)46-11-10-45-29/h4-9,12-15,24-25H,10-11,16-20H2,1-3H3,(H,38,42)(H,39,43)/t24-,25-/m0/s1. The molecule has 2 N–H and O–H groups in total. The number of amides is 3. The minimum atomic E-state index is -0.617. The largest absolute Gasteiger partial charge is 0.486 e. The first-order valence-electron chi connectivity index (χ1n) is 16.0. The van der Waals surface area contributed by atoms with Crippen LogP contribution in [0.2, 0.25) is 0 Å². The third-order valence-electron chi connectivity index (χ3n) is 8.70. The van der Waals surface area contributed by atoms with Gasteiger partial charge in [-0.3, -0.25) is 14.5 Å². The molecule has 3 aliphatic rings. The highest BCUT2D eigenvalue weighted by Crippen LogP contribution is 2.35. The Bertz CT molecular complexity index is 1890. The number of hydrogen-bond acceptors (Lipinski definition) is 8. The number of halogens is 1. The lowest BCUT2D eigenvalue weighted by Crippen LogP contribution is -2.37. The number of nitrogens with one attached hydrogen (secondary N) is 2. The first kappa shape index (κ1) is 31.9. The van der Waals surface area contributed by atoms with Crippen LogP contribution in [-0.4, -0.2) is 72.7 Å². The summed E-state index contributed by atoms with van der Waals surface area (Å²) >= 11 is 1.35. The van der Waals surface area contributed by atoms with Crippen molar-refractivity contribution in [3.8, 4) is 11.5 Å². The number of carbonyl (C=O) groups is 3. The summed E-state index contributed by atoms with van der Waals surface area (Å²) in [7, 11) is 0. The van der Waals surface area contributed by atoms with Gasteiger partial charge in [0, 0.05) is 48.7 Å². The molecule has 2 atom stereocenters. The van der Waals surface area contributed by atoms with Gasteiger partial charge in [0.2, 0.25) is 0 Å². The van der Waals surface area contributed by atoms with E-state index in [-0.39, 0.29) is 11.8 Å². The Morgan fingerprint density at radius 1 is 0.875 bits per heavy atom. The maximum Gasteiger partial charge on any atom is 0.410 e. The van der Waals surface area contributed by atoms with Crippen LogP contribution in [0.5, 0.6) is 11.5 Å². The van der Waals surface area contributed by atoms with Gasteiger partial charge in [-0.05, 0) is 92.1 Å². The molecule has 2 fully saturated rings. The third-order valence-corrected chi connectivity index (χ3v) is 9.80. The van der Waals surface area contributed by atoms with Gasteiger partial charge in [0.15, 0.2) is 11.5 Å². The Kier molecular flexibility index (Phi) is 8.46. The highest BCUT2D eigenvalue weighted by Gasteiger charge is 2.42. The molecule has 0 aliphatic carbocycles. The van der Waals surface area contributed by atoms with Crippen molar-refractivity contribution in [2.24, 2.45) is 11.8 Å². The zero-order chi connectivity index (χ0) is 33.6. The number of hydrogen-bond donors (Lipinski definition) is 2. The van der Waals surface area contributed by atoms with Crippen molar-refractivity contribution < 1.29 is 33.0 Å². The lowest BCUT2D eigenvalue weighted by molar-refractivity contribution is 0.0274. The summed E-state index contributed by atoms with van der Waals surface area (Å²) in [6.45, 7) is 10.6. The summed E-state index contributed by atoms with van der Waals surface area (Å²) < 4.78 is 32.4. The summed E-state index contributed by atoms with van der Waals surface area (Å²) in [4.78, 5) is 43.4. The zero-order valence-electron chi connectivity index (χ0n) is 27.0. The molecule has 1 aromatic heterocycles. The van der Waals surface area contributed by atoms with Crippen LogP contribution in [-0.2, 0) is 11.3 Å². The van der Waals surface area contributed by atoms with E-state index in [4.69, 9.17) is 14.2 Å². The Morgan fingerprint density at radius 2 is 1.62 bits per heavy atom. The second kappa shape index (κ2) is 12.7. The monoisotopic (exact) mass is 672 g/mol. The summed E-state index contributed by atoms with van der Waals surface area (Å²) in [6.07, 6.45) is -0.235. The molecular formula is C36H37FN4O6S. The molecule has 7 rings (SSSR count). The first-order chi connectivity index (χ1) is 23.0. The Hall–Kier alpha value is -4.68. The van der Waals surface area contributed by atoms with Crippen LogP contribution < -0.4 is 20.1 Å². The zero-order valence-corrected chi connectivity index (χ0v) is 27.8. The predicted octanol–water partition coefficient (Wildman–Crippen LogP) is 6.61. The van der Waals surface area contributed by atoms with E-state index >= 15 is 0 Å². The van der Waals surface area contributed by atoms with Crippen LogP contribution in [0.25, 0.3) is 10.1 Å². The molecule has 0 bridgehead atoms. The molecule has 10 nitrogen and oxygen atoms in total. The number of nitrogens with zero attached hydrogens (tertiary/aromatic N) is 2. The smallest absolute Gasteiger partial charge is 0.410 e. The Balaban J connectivity index is 0.964. The van der Waals surface area contributed by atoms with Gasteiger partial charge in [-0.15, -0.1) is 11.3 Å². The molecule has 2 saturated heterocycles. The van der Waals surface area contributed by atoms with E-state index in [9.17, 15) is 18.8 Å². The van der Waals surface area contributed by atoms with Crippen LogP contribution in [0.1, 0.15) is 46.4 Å². The van der Waals surface area contributed by atoms with Gasteiger partial charge in [-0.2, -0.15) is 0 Å². The normalized spacial score (nSPS) is 18.9. The molecule has 0 saturated carbocycles. The molecule has 3 amide bonds. The summed E-state index contributed by atoms with van der Waals surface area (Å²) in [5.74, 6) is 0.462. The van der Waals surface area contributed by atoms with E-state index in [1.807, 2.05) is 31.7 Å². The number of thiophene rings is 1. The predicted molar refractivity (Wildman–Crippen MR) is 182 cm³/mol. The molecule has 0 radical (unpaired) electrons. The average molecular weight is 673 g/mol. The molecule has 48 heavy (non-hydrogen) atoms. The van der Waals surface area contributed by atoms with E-state index in [0.717, 1.165) is 35.3 Å². The van der Waals surface area contributed by atoms with Crippen molar-refractivity contribution in [1.29, 1.82) is 0 Å². The molecule has 250 valence electrons. The second-order valence-corrected chi connectivity index (χ2v) is 14.6. The minimum Gasteiger partial charge on any atom is -0.486 e. The summed E-state index contributed by atoms with van der Waals surface area (Å²) in [5.41, 5.74) is 1.29. The van der Waals surface area contributed by atoms with Crippen molar-refractivity contribution in [2.75, 3.05) is 50.0 Å². The molecule has 3 aromatic carbocycles. The molecule has 3 aliphatic heterocycles. The molecule has 12 heteroatoms. The second-order valence-electron chi connectivity index (χ2n) is 13.5. The van der Waals surface area contributed by atoms with Crippen molar-refractivity contribution >= 4 is 50.7 Å². The lowest BCUT2D eigenvalue weighted by atomic mass is 10.0. The Morgan fingerprint density at radius 3 is 2.38 bits per heavy atom. The fraction of sp³-hybridized carbons (Fsp3) is 0.361. The van der Waals surface area contributed by atoms with Crippen LogP contribution in [0.15, 0.2) is 60.7 Å². The number of benzene rings is 3. The Labute approximate surface area is 281 Å². The molecule has 0 unspecified atom stereocenters. The first-order valence-corrected chi connectivity index (χ1v) is 16.8. The van der Waals surface area contributed by atoms with Gasteiger partial charge in [0.25, 0.3) is 11.8 Å². The number of carbonyl (C=O) groups excluding carboxylic acids is 3. The van der Waals surface area contributed by atoms with Gasteiger partial charge in [0.05, 0.1) is 10.6 Å². The molecular weight excluding hydrogens is 635 g/mol. The fourth-order valence-electron chi connectivity index (χ4n) is 6.51. The van der Waals surface area contributed by atoms with Gasteiger partial charge >= 0.3 is 6.09 Å². The SMILES string of the molecule is CC(C)(C)OC(=O)N1C[C@@H]2CN(Cc3ccc4cc(C(=O)Nc5cc(NC(=O)c6ccc7c(c6)OCCO7)ccc5F)sc4c3)C[C@H]2C1. The van der Waals surface area contributed by atoms with E-state index < -0.39 is 23.2 Å². The average Bonchev–Trinajstić information content (AvgIpc) is 3.75. The highest BCUT2D eigenvalue weighted by atomic mass is 32.1. The van der Waals surface area contributed by atoms with Crippen LogP contribution in [0.3, 0.4) is 0 Å². The highest BCUT2D eigenvalue weighted by molar-refractivity contribution is 7.20. The number of fused-ring (bicyclic) bond motifs is 3. The van der Waals surface area contributed by atoms with Crippen LogP contribution >= 0.6 is 11.3 Å². The molecule has 4 aromatic rings. The van der Waals surface area contributed by atoms with Crippen LogP contribution in [0.4, 0.5) is 20.6 Å². The van der Waals surface area contributed by atoms with E-state index in [1.165, 1.54) is 29.5 Å². The van der Waals surface area contributed by atoms with Crippen LogP contribution in [0, 0.1) is 17.7 Å². The van der Waals surface area contributed by atoms with Crippen molar-refractivity contribution in [2.45, 2.75) is 32.9 Å². The van der Waals surface area contributed by atoms with Crippen molar-refractivity contribution in [3.63, 3.8) is 0 Å². The number of rotatable bonds is 6. The van der Waals surface area contributed by atoms with Gasteiger partial charge < -0.3 is 29.7 Å². The summed E-state index contributed by atoms with van der Waals surface area (Å²) in [5, 5.41) is 6.35. The quantitative estimate of drug-likeness (QED) is 0.237. The minimum absolute atomic E-state index is 0.0389. The van der Waals surface area contributed by atoms with E-state index in [1.54, 1.807) is 24.3 Å². The van der Waals surface area contributed by atoms with Gasteiger partial charge in [-0.25, -0.2) is 9.18 Å². The molecule has 0 spiro atoms.